The molecule has 0 heterocycles. The molecule has 2 nitrogen and oxygen atoms in total. The van der Waals surface area contributed by atoms with Gasteiger partial charge in [-0.1, -0.05) is 23.8 Å². The number of benzene rings is 2. The van der Waals surface area contributed by atoms with Crippen LogP contribution in [0, 0.1) is 19.7 Å². The fraction of sp³-hybridized carbons (Fsp3) is 0.250. The molecular formula is C16H18FNO. The van der Waals surface area contributed by atoms with Gasteiger partial charge in [-0.2, -0.15) is 0 Å². The molecule has 0 fully saturated rings. The molecule has 0 bridgehead atoms. The highest BCUT2D eigenvalue weighted by Crippen LogP contribution is 2.29. The second-order valence-electron chi connectivity index (χ2n) is 4.78. The molecule has 0 spiro atoms. The third-order valence-electron chi connectivity index (χ3n) is 3.14. The lowest BCUT2D eigenvalue weighted by molar-refractivity contribution is 0.407. The van der Waals surface area contributed by atoms with E-state index in [1.807, 2.05) is 38.1 Å². The van der Waals surface area contributed by atoms with Gasteiger partial charge in [0.25, 0.3) is 0 Å². The van der Waals surface area contributed by atoms with Crippen molar-refractivity contribution in [3.05, 3.63) is 64.5 Å². The molecule has 0 aliphatic heterocycles. The Morgan fingerprint density at radius 3 is 2.42 bits per heavy atom. The Balaban J connectivity index is 2.48. The zero-order valence-corrected chi connectivity index (χ0v) is 11.4. The van der Waals surface area contributed by atoms with Gasteiger partial charge in [-0.15, -0.1) is 0 Å². The van der Waals surface area contributed by atoms with Crippen molar-refractivity contribution in [1.29, 1.82) is 0 Å². The number of methoxy groups -OCH3 is 1. The zero-order valence-electron chi connectivity index (χ0n) is 11.4. The minimum atomic E-state index is -0.399. The summed E-state index contributed by atoms with van der Waals surface area (Å²) >= 11 is 0. The molecule has 0 aliphatic rings. The van der Waals surface area contributed by atoms with E-state index in [9.17, 15) is 4.39 Å². The Hall–Kier alpha value is -1.87. The Morgan fingerprint density at radius 1 is 1.05 bits per heavy atom. The molecule has 1 atom stereocenters. The lowest BCUT2D eigenvalue weighted by Gasteiger charge is -2.17. The molecule has 0 saturated carbocycles. The second-order valence-corrected chi connectivity index (χ2v) is 4.78. The van der Waals surface area contributed by atoms with Crippen LogP contribution in [0.1, 0.15) is 28.3 Å². The molecule has 100 valence electrons. The van der Waals surface area contributed by atoms with Crippen LogP contribution in [0.4, 0.5) is 4.39 Å². The van der Waals surface area contributed by atoms with Gasteiger partial charge in [0.15, 0.2) is 0 Å². The van der Waals surface area contributed by atoms with E-state index in [-0.39, 0.29) is 5.82 Å². The standard InChI is InChI=1S/C16H18FNO/c1-10-4-5-15(19-3)14(8-10)16(18)12-6-11(2)7-13(17)9-12/h4-9,16H,18H2,1-3H3. The number of hydrogen-bond acceptors (Lipinski definition) is 2. The molecule has 0 saturated heterocycles. The smallest absolute Gasteiger partial charge is 0.123 e. The Labute approximate surface area is 113 Å². The average Bonchev–Trinajstić information content (AvgIpc) is 2.36. The summed E-state index contributed by atoms with van der Waals surface area (Å²) < 4.78 is 18.8. The van der Waals surface area contributed by atoms with Crippen molar-refractivity contribution in [1.82, 2.24) is 0 Å². The number of aryl methyl sites for hydroxylation is 2. The maximum absolute atomic E-state index is 13.5. The predicted molar refractivity (Wildman–Crippen MR) is 74.9 cm³/mol. The summed E-state index contributed by atoms with van der Waals surface area (Å²) in [6, 6.07) is 10.3. The minimum Gasteiger partial charge on any atom is -0.496 e. The van der Waals surface area contributed by atoms with Gasteiger partial charge >= 0.3 is 0 Å². The summed E-state index contributed by atoms with van der Waals surface area (Å²) in [6.07, 6.45) is 0. The molecule has 0 aromatic heterocycles. The lowest BCUT2D eigenvalue weighted by atomic mass is 9.96. The highest BCUT2D eigenvalue weighted by molar-refractivity contribution is 5.44. The van der Waals surface area contributed by atoms with Crippen molar-refractivity contribution in [3.8, 4) is 5.75 Å². The number of ether oxygens (including phenoxy) is 1. The normalized spacial score (nSPS) is 12.3. The first-order chi connectivity index (χ1) is 9.01. The molecule has 2 rings (SSSR count). The van der Waals surface area contributed by atoms with E-state index >= 15 is 0 Å². The van der Waals surface area contributed by atoms with Gasteiger partial charge in [-0.05, 0) is 43.2 Å². The quantitative estimate of drug-likeness (QED) is 0.915. The maximum atomic E-state index is 13.5. The third kappa shape index (κ3) is 2.93. The predicted octanol–water partition coefficient (Wildman–Crippen LogP) is 3.50. The van der Waals surface area contributed by atoms with E-state index in [0.29, 0.717) is 0 Å². The van der Waals surface area contributed by atoms with Crippen LogP contribution in [0.5, 0.6) is 5.75 Å². The van der Waals surface area contributed by atoms with Gasteiger partial charge in [-0.25, -0.2) is 4.39 Å². The fourth-order valence-electron chi connectivity index (χ4n) is 2.22. The number of rotatable bonds is 3. The average molecular weight is 259 g/mol. The molecule has 0 aliphatic carbocycles. The fourth-order valence-corrected chi connectivity index (χ4v) is 2.22. The minimum absolute atomic E-state index is 0.267. The van der Waals surface area contributed by atoms with Crippen molar-refractivity contribution in [3.63, 3.8) is 0 Å². The largest absolute Gasteiger partial charge is 0.496 e. The van der Waals surface area contributed by atoms with Crippen molar-refractivity contribution in [2.24, 2.45) is 5.73 Å². The number of halogens is 1. The van der Waals surface area contributed by atoms with Gasteiger partial charge in [0.2, 0.25) is 0 Å². The van der Waals surface area contributed by atoms with Crippen LogP contribution >= 0.6 is 0 Å². The molecule has 19 heavy (non-hydrogen) atoms. The van der Waals surface area contributed by atoms with Crippen LogP contribution in [-0.4, -0.2) is 7.11 Å². The van der Waals surface area contributed by atoms with E-state index < -0.39 is 6.04 Å². The van der Waals surface area contributed by atoms with E-state index in [2.05, 4.69) is 0 Å². The number of nitrogens with two attached hydrogens (primary N) is 1. The van der Waals surface area contributed by atoms with Crippen LogP contribution in [0.15, 0.2) is 36.4 Å². The van der Waals surface area contributed by atoms with Gasteiger partial charge in [0.1, 0.15) is 11.6 Å². The van der Waals surface area contributed by atoms with Crippen molar-refractivity contribution >= 4 is 0 Å². The SMILES string of the molecule is COc1ccc(C)cc1C(N)c1cc(C)cc(F)c1. The van der Waals surface area contributed by atoms with Crippen LogP contribution < -0.4 is 10.5 Å². The first kappa shape index (κ1) is 13.6. The maximum Gasteiger partial charge on any atom is 0.123 e. The monoisotopic (exact) mass is 259 g/mol. The summed E-state index contributed by atoms with van der Waals surface area (Å²) in [5.74, 6) is 0.456. The first-order valence-electron chi connectivity index (χ1n) is 6.18. The van der Waals surface area contributed by atoms with Gasteiger partial charge in [0, 0.05) is 5.56 Å². The van der Waals surface area contributed by atoms with Gasteiger partial charge < -0.3 is 10.5 Å². The topological polar surface area (TPSA) is 35.2 Å². The van der Waals surface area contributed by atoms with Crippen LogP contribution in [-0.2, 0) is 0 Å². The molecule has 0 amide bonds. The Morgan fingerprint density at radius 2 is 1.79 bits per heavy atom. The van der Waals surface area contributed by atoms with Crippen LogP contribution in [0.3, 0.4) is 0 Å². The lowest BCUT2D eigenvalue weighted by Crippen LogP contribution is -2.14. The molecule has 2 aromatic rings. The Bertz CT molecular complexity index is 575. The third-order valence-corrected chi connectivity index (χ3v) is 3.14. The van der Waals surface area contributed by atoms with Crippen molar-refractivity contribution < 1.29 is 9.13 Å². The summed E-state index contributed by atoms with van der Waals surface area (Å²) in [5.41, 5.74) is 9.83. The highest BCUT2D eigenvalue weighted by Gasteiger charge is 2.15. The van der Waals surface area contributed by atoms with Gasteiger partial charge in [0.05, 0.1) is 13.2 Å². The molecule has 3 heteroatoms. The summed E-state index contributed by atoms with van der Waals surface area (Å²) in [7, 11) is 1.61. The van der Waals surface area contributed by atoms with E-state index in [4.69, 9.17) is 10.5 Å². The molecule has 0 radical (unpaired) electrons. The molecule has 1 unspecified atom stereocenters. The van der Waals surface area contributed by atoms with Crippen LogP contribution in [0.2, 0.25) is 0 Å². The van der Waals surface area contributed by atoms with Crippen molar-refractivity contribution in [2.45, 2.75) is 19.9 Å². The highest BCUT2D eigenvalue weighted by atomic mass is 19.1. The second kappa shape index (κ2) is 5.41. The van der Waals surface area contributed by atoms with E-state index in [1.54, 1.807) is 7.11 Å². The summed E-state index contributed by atoms with van der Waals surface area (Å²) in [5, 5.41) is 0. The first-order valence-corrected chi connectivity index (χ1v) is 6.18. The molecular weight excluding hydrogens is 241 g/mol. The van der Waals surface area contributed by atoms with E-state index in [1.165, 1.54) is 12.1 Å². The molecule has 2 N–H and O–H groups in total. The summed E-state index contributed by atoms with van der Waals surface area (Å²) in [4.78, 5) is 0. The summed E-state index contributed by atoms with van der Waals surface area (Å²) in [6.45, 7) is 3.85. The van der Waals surface area contributed by atoms with Crippen molar-refractivity contribution in [2.75, 3.05) is 7.11 Å². The van der Waals surface area contributed by atoms with Crippen LogP contribution in [0.25, 0.3) is 0 Å². The van der Waals surface area contributed by atoms with E-state index in [0.717, 1.165) is 28.0 Å². The zero-order chi connectivity index (χ0) is 14.0. The Kier molecular flexibility index (Phi) is 3.86. The van der Waals surface area contributed by atoms with Gasteiger partial charge in [-0.3, -0.25) is 0 Å². The molecule has 2 aromatic carbocycles. The number of hydrogen-bond donors (Lipinski definition) is 1.